The van der Waals surface area contributed by atoms with Gasteiger partial charge in [-0.15, -0.1) is 0 Å². The van der Waals surface area contributed by atoms with Gasteiger partial charge in [0.25, 0.3) is 0 Å². The molecule has 3 rings (SSSR count). The average molecular weight is 495 g/mol. The lowest BCUT2D eigenvalue weighted by atomic mass is 10.1. The quantitative estimate of drug-likeness (QED) is 0.208. The molecule has 1 heterocycles. The van der Waals surface area contributed by atoms with Gasteiger partial charge in [-0.3, -0.25) is 9.97 Å². The minimum absolute atomic E-state index is 0.172. The number of benzene rings is 2. The summed E-state index contributed by atoms with van der Waals surface area (Å²) in [7, 11) is 0. The van der Waals surface area contributed by atoms with Crippen molar-refractivity contribution >= 4 is 17.5 Å². The first-order valence-electron chi connectivity index (χ1n) is 10.9. The summed E-state index contributed by atoms with van der Waals surface area (Å²) in [5.74, 6) is -3.43. The molecule has 0 bridgehead atoms. The molecule has 0 aliphatic carbocycles. The van der Waals surface area contributed by atoms with Crippen LogP contribution in [0.15, 0.2) is 43.0 Å². The van der Waals surface area contributed by atoms with Crippen LogP contribution in [0.2, 0.25) is 0 Å². The minimum Gasteiger partial charge on any atom is -0.504 e. The van der Waals surface area contributed by atoms with Crippen molar-refractivity contribution in [3.8, 4) is 23.0 Å². The average Bonchev–Trinajstić information content (AvgIpc) is 2.83. The summed E-state index contributed by atoms with van der Waals surface area (Å²) in [6.07, 6.45) is -1.62. The molecule has 0 spiro atoms. The Hall–Kier alpha value is -4.60. The third kappa shape index (κ3) is 6.09. The summed E-state index contributed by atoms with van der Waals surface area (Å²) in [6.45, 7) is 8.77. The van der Waals surface area contributed by atoms with E-state index in [1.165, 1.54) is 30.3 Å². The number of carbonyl (C=O) groups is 2. The highest BCUT2D eigenvalue weighted by Gasteiger charge is 2.28. The van der Waals surface area contributed by atoms with Crippen LogP contribution >= 0.6 is 0 Å². The summed E-state index contributed by atoms with van der Waals surface area (Å²) in [5, 5.41) is 38.6. The second-order valence-corrected chi connectivity index (χ2v) is 8.14. The van der Waals surface area contributed by atoms with Crippen LogP contribution in [0.3, 0.4) is 0 Å². The molecule has 0 fully saturated rings. The molecular weight excluding hydrogens is 468 g/mol. The molecule has 4 N–H and O–H groups in total. The van der Waals surface area contributed by atoms with E-state index >= 15 is 0 Å². The highest BCUT2D eigenvalue weighted by Crippen LogP contribution is 2.29. The highest BCUT2D eigenvalue weighted by molar-refractivity contribution is 6.16. The first-order chi connectivity index (χ1) is 17.0. The number of hydrogen-bond acceptors (Lipinski definition) is 10. The molecule has 0 saturated carbocycles. The van der Waals surface area contributed by atoms with E-state index in [0.29, 0.717) is 22.6 Å². The normalized spacial score (nSPS) is 11.5. The summed E-state index contributed by atoms with van der Waals surface area (Å²) < 4.78 is 10.8. The van der Waals surface area contributed by atoms with E-state index in [9.17, 15) is 30.0 Å². The van der Waals surface area contributed by atoms with E-state index in [2.05, 4.69) is 16.5 Å². The molecule has 3 aromatic rings. The van der Waals surface area contributed by atoms with Crippen molar-refractivity contribution in [2.24, 2.45) is 0 Å². The number of aromatic nitrogens is 2. The van der Waals surface area contributed by atoms with Crippen molar-refractivity contribution in [1.82, 2.24) is 9.97 Å². The van der Waals surface area contributed by atoms with Gasteiger partial charge in [-0.25, -0.2) is 9.59 Å². The van der Waals surface area contributed by atoms with Gasteiger partial charge < -0.3 is 29.9 Å². The number of phenols is 4. The molecule has 0 radical (unpaired) electrons. The Labute approximate surface area is 207 Å². The smallest absolute Gasteiger partial charge is 0.348 e. The van der Waals surface area contributed by atoms with Crippen LogP contribution < -0.4 is 0 Å². The van der Waals surface area contributed by atoms with E-state index in [-0.39, 0.29) is 35.7 Å². The fourth-order valence-corrected chi connectivity index (χ4v) is 3.24. The van der Waals surface area contributed by atoms with Crippen LogP contribution in [0.4, 0.5) is 0 Å². The Balaban J connectivity index is 1.81. The van der Waals surface area contributed by atoms with E-state index in [0.717, 1.165) is 11.8 Å². The van der Waals surface area contributed by atoms with Crippen molar-refractivity contribution in [2.45, 2.75) is 39.9 Å². The van der Waals surface area contributed by atoms with Gasteiger partial charge in [-0.2, -0.15) is 0 Å². The van der Waals surface area contributed by atoms with Crippen molar-refractivity contribution in [3.05, 3.63) is 76.9 Å². The number of aromatic hydroxyl groups is 4. The molecule has 10 heteroatoms. The van der Waals surface area contributed by atoms with Crippen molar-refractivity contribution < 1.29 is 39.5 Å². The summed E-state index contributed by atoms with van der Waals surface area (Å²) >= 11 is 0. The van der Waals surface area contributed by atoms with Gasteiger partial charge in [0, 0.05) is 6.42 Å². The molecule has 1 atom stereocenters. The fraction of sp³-hybridized carbons (Fsp3) is 0.231. The number of ether oxygens (including phenoxy) is 2. The summed E-state index contributed by atoms with van der Waals surface area (Å²) in [6, 6.07) is 7.59. The van der Waals surface area contributed by atoms with Gasteiger partial charge in [-0.05, 0) is 56.2 Å². The molecule has 0 aliphatic rings. The van der Waals surface area contributed by atoms with Crippen LogP contribution in [-0.4, -0.2) is 48.4 Å². The van der Waals surface area contributed by atoms with Crippen LogP contribution in [0.1, 0.15) is 33.9 Å². The second kappa shape index (κ2) is 10.8. The highest BCUT2D eigenvalue weighted by atomic mass is 16.6. The minimum atomic E-state index is -1.44. The number of esters is 2. The molecule has 2 aromatic carbocycles. The first kappa shape index (κ1) is 26.0. The molecule has 0 saturated heterocycles. The third-order valence-electron chi connectivity index (χ3n) is 5.47. The maximum Gasteiger partial charge on any atom is 0.348 e. The lowest BCUT2D eigenvalue weighted by Crippen LogP contribution is -2.31. The molecular formula is C26H26N2O8. The number of phenolic OH excluding ortho intramolecular Hbond substituents is 4. The van der Waals surface area contributed by atoms with Crippen LogP contribution in [0, 0.1) is 20.8 Å². The predicted octanol–water partition coefficient (Wildman–Crippen LogP) is 3.14. The van der Waals surface area contributed by atoms with E-state index in [1.807, 2.05) is 6.92 Å². The zero-order valence-corrected chi connectivity index (χ0v) is 20.0. The van der Waals surface area contributed by atoms with E-state index in [4.69, 9.17) is 9.47 Å². The lowest BCUT2D eigenvalue weighted by molar-refractivity contribution is -0.165. The van der Waals surface area contributed by atoms with Crippen LogP contribution in [0.5, 0.6) is 23.0 Å². The monoisotopic (exact) mass is 494 g/mol. The SMILES string of the molecule is C=C(C(=O)O[C@H](Cc1ccc(O)c(O)c1)C(=O)OCc1nc(C)c(C)nc1C)c1ccc(O)c(O)c1. The Bertz CT molecular complexity index is 1340. The second-order valence-electron chi connectivity index (χ2n) is 8.14. The molecule has 0 amide bonds. The van der Waals surface area contributed by atoms with E-state index < -0.39 is 29.5 Å². The fourth-order valence-electron chi connectivity index (χ4n) is 3.24. The van der Waals surface area contributed by atoms with Crippen LogP contribution in [-0.2, 0) is 32.1 Å². The Morgan fingerprint density at radius 2 is 1.47 bits per heavy atom. The summed E-state index contributed by atoms with van der Waals surface area (Å²) in [5.41, 5.74) is 2.85. The molecule has 1 aromatic heterocycles. The van der Waals surface area contributed by atoms with Crippen molar-refractivity contribution in [1.29, 1.82) is 0 Å². The van der Waals surface area contributed by atoms with Gasteiger partial charge in [0.1, 0.15) is 6.61 Å². The van der Waals surface area contributed by atoms with Gasteiger partial charge in [0.15, 0.2) is 23.0 Å². The standard InChI is InChI=1S/C26H26N2O8/c1-13(18-6-8-21(30)23(32)11-18)25(33)36-24(10-17-5-7-20(29)22(31)9-17)26(34)35-12-19-16(4)27-14(2)15(3)28-19/h5-9,11,24,29-32H,1,10,12H2,2-4H3/t24-/m1/s1. The van der Waals surface area contributed by atoms with Crippen LogP contribution in [0.25, 0.3) is 5.57 Å². The molecule has 188 valence electrons. The number of nitrogens with zero attached hydrogens (tertiary/aromatic N) is 2. The Morgan fingerprint density at radius 3 is 2.11 bits per heavy atom. The number of rotatable bonds is 8. The number of aryl methyl sites for hydroxylation is 3. The number of hydrogen-bond donors (Lipinski definition) is 4. The zero-order valence-electron chi connectivity index (χ0n) is 20.0. The van der Waals surface area contributed by atoms with Crippen molar-refractivity contribution in [2.75, 3.05) is 0 Å². The van der Waals surface area contributed by atoms with Crippen molar-refractivity contribution in [3.63, 3.8) is 0 Å². The zero-order chi connectivity index (χ0) is 26.6. The topological polar surface area (TPSA) is 159 Å². The van der Waals surface area contributed by atoms with Gasteiger partial charge in [-0.1, -0.05) is 18.7 Å². The molecule has 0 aliphatic heterocycles. The number of carbonyl (C=O) groups excluding carboxylic acids is 2. The molecule has 36 heavy (non-hydrogen) atoms. The Morgan fingerprint density at radius 1 is 0.861 bits per heavy atom. The summed E-state index contributed by atoms with van der Waals surface area (Å²) in [4.78, 5) is 34.5. The first-order valence-corrected chi connectivity index (χ1v) is 10.9. The van der Waals surface area contributed by atoms with Gasteiger partial charge >= 0.3 is 11.9 Å². The maximum absolute atomic E-state index is 13.0. The van der Waals surface area contributed by atoms with E-state index in [1.54, 1.807) is 13.8 Å². The maximum atomic E-state index is 13.0. The lowest BCUT2D eigenvalue weighted by Gasteiger charge is -2.18. The van der Waals surface area contributed by atoms with Gasteiger partial charge in [0.05, 0.1) is 28.3 Å². The molecule has 10 nitrogen and oxygen atoms in total. The largest absolute Gasteiger partial charge is 0.504 e. The predicted molar refractivity (Wildman–Crippen MR) is 128 cm³/mol. The van der Waals surface area contributed by atoms with Gasteiger partial charge in [0.2, 0.25) is 6.10 Å². The Kier molecular flexibility index (Phi) is 7.78. The molecule has 0 unspecified atom stereocenters. The third-order valence-corrected chi connectivity index (χ3v) is 5.47.